The lowest BCUT2D eigenvalue weighted by Crippen LogP contribution is -1.99. The molecule has 0 aliphatic carbocycles. The Labute approximate surface area is 158 Å². The van der Waals surface area contributed by atoms with Crippen LogP contribution in [0.4, 0.5) is 0 Å². The standard InChI is InChI=1S/C20H13N3OS2/c1-3-15(8-12-25-10-1)23-18(7-9-21-23)14-5-6-17-16(13-14)20(24-22-17)19-4-2-11-26-19/h1-13H. The summed E-state index contributed by atoms with van der Waals surface area (Å²) in [6, 6.07) is 12.3. The van der Waals surface area contributed by atoms with E-state index in [9.17, 15) is 0 Å². The zero-order valence-corrected chi connectivity index (χ0v) is 15.2. The normalized spacial score (nSPS) is 13.9. The molecule has 1 aliphatic rings. The summed E-state index contributed by atoms with van der Waals surface area (Å²) in [7, 11) is 0. The maximum Gasteiger partial charge on any atom is 0.184 e. The van der Waals surface area contributed by atoms with Crippen LogP contribution in [0.3, 0.4) is 0 Å². The van der Waals surface area contributed by atoms with Gasteiger partial charge in [0, 0.05) is 5.56 Å². The first kappa shape index (κ1) is 15.4. The first-order valence-corrected chi connectivity index (χ1v) is 9.89. The third-order valence-electron chi connectivity index (χ3n) is 4.15. The van der Waals surface area contributed by atoms with E-state index in [2.05, 4.69) is 39.9 Å². The van der Waals surface area contributed by atoms with Crippen molar-refractivity contribution in [3.05, 3.63) is 77.0 Å². The van der Waals surface area contributed by atoms with Gasteiger partial charge in [-0.25, -0.2) is 4.68 Å². The number of thioether (sulfide) groups is 1. The molecule has 5 rings (SSSR count). The Hall–Kier alpha value is -2.83. The Kier molecular flexibility index (Phi) is 3.84. The molecule has 0 N–H and O–H groups in total. The van der Waals surface area contributed by atoms with Crippen LogP contribution in [0.1, 0.15) is 0 Å². The molecule has 0 saturated carbocycles. The summed E-state index contributed by atoms with van der Waals surface area (Å²) in [5.74, 6) is 0.816. The van der Waals surface area contributed by atoms with Crippen LogP contribution in [0.2, 0.25) is 0 Å². The Balaban J connectivity index is 1.65. The van der Waals surface area contributed by atoms with E-state index in [1.54, 1.807) is 23.1 Å². The molecule has 0 radical (unpaired) electrons. The number of hydrogen-bond donors (Lipinski definition) is 0. The van der Waals surface area contributed by atoms with Crippen LogP contribution in [-0.4, -0.2) is 14.9 Å². The van der Waals surface area contributed by atoms with E-state index < -0.39 is 0 Å². The second kappa shape index (κ2) is 6.48. The van der Waals surface area contributed by atoms with Crippen molar-refractivity contribution in [2.75, 3.05) is 0 Å². The molecule has 3 aromatic heterocycles. The number of aromatic nitrogens is 3. The summed E-state index contributed by atoms with van der Waals surface area (Å²) in [5, 5.41) is 15.9. The minimum Gasteiger partial charge on any atom is -0.354 e. The second-order valence-corrected chi connectivity index (χ2v) is 7.47. The minimum absolute atomic E-state index is 0.816. The van der Waals surface area contributed by atoms with Gasteiger partial charge in [0.1, 0.15) is 5.52 Å². The first-order chi connectivity index (χ1) is 12.9. The smallest absolute Gasteiger partial charge is 0.184 e. The summed E-state index contributed by atoms with van der Waals surface area (Å²) in [4.78, 5) is 1.08. The van der Waals surface area contributed by atoms with Crippen molar-refractivity contribution in [2.24, 2.45) is 0 Å². The first-order valence-electron chi connectivity index (χ1n) is 8.07. The van der Waals surface area contributed by atoms with Crippen molar-refractivity contribution in [3.63, 3.8) is 0 Å². The summed E-state index contributed by atoms with van der Waals surface area (Å²) >= 11 is 3.30. The van der Waals surface area contributed by atoms with Crippen molar-refractivity contribution < 1.29 is 4.52 Å². The van der Waals surface area contributed by atoms with Crippen LogP contribution in [0.5, 0.6) is 0 Å². The van der Waals surface area contributed by atoms with Crippen LogP contribution in [0.25, 0.3) is 38.5 Å². The number of fused-ring (bicyclic) bond motifs is 1. The van der Waals surface area contributed by atoms with Gasteiger partial charge in [-0.1, -0.05) is 23.4 Å². The number of thiophene rings is 1. The SMILES string of the molecule is C1=CSC=CC(n2nccc2-c2ccc3noc(-c4cccs4)c3c2)=C1. The van der Waals surface area contributed by atoms with Crippen molar-refractivity contribution in [3.8, 4) is 21.9 Å². The lowest BCUT2D eigenvalue weighted by atomic mass is 10.1. The number of nitrogens with zero attached hydrogens (tertiary/aromatic N) is 3. The van der Waals surface area contributed by atoms with E-state index in [0.717, 1.165) is 38.5 Å². The Morgan fingerprint density at radius 1 is 1.08 bits per heavy atom. The fourth-order valence-electron chi connectivity index (χ4n) is 2.95. The quantitative estimate of drug-likeness (QED) is 0.438. The van der Waals surface area contributed by atoms with Gasteiger partial charge in [0.15, 0.2) is 5.76 Å². The summed E-state index contributed by atoms with van der Waals surface area (Å²) in [5.41, 5.74) is 3.99. The topological polar surface area (TPSA) is 43.9 Å². The third-order valence-corrected chi connectivity index (χ3v) is 5.62. The van der Waals surface area contributed by atoms with Crippen molar-refractivity contribution >= 4 is 39.7 Å². The zero-order chi connectivity index (χ0) is 17.3. The molecule has 4 nitrogen and oxygen atoms in total. The Morgan fingerprint density at radius 2 is 2.08 bits per heavy atom. The minimum atomic E-state index is 0.816. The average Bonchev–Trinajstić information content (AvgIpc) is 3.38. The fourth-order valence-corrected chi connectivity index (χ4v) is 4.14. The molecule has 0 fully saturated rings. The number of rotatable bonds is 3. The van der Waals surface area contributed by atoms with E-state index in [1.807, 2.05) is 52.0 Å². The van der Waals surface area contributed by atoms with Crippen molar-refractivity contribution in [1.29, 1.82) is 0 Å². The second-order valence-electron chi connectivity index (χ2n) is 5.71. The third kappa shape index (κ3) is 2.64. The van der Waals surface area contributed by atoms with Gasteiger partial charge in [-0.15, -0.1) is 23.1 Å². The van der Waals surface area contributed by atoms with Gasteiger partial charge >= 0.3 is 0 Å². The lowest BCUT2D eigenvalue weighted by Gasteiger charge is -2.08. The van der Waals surface area contributed by atoms with Crippen LogP contribution in [0.15, 0.2) is 81.5 Å². The molecule has 0 bridgehead atoms. The predicted molar refractivity (Wildman–Crippen MR) is 109 cm³/mol. The molecular weight excluding hydrogens is 362 g/mol. The molecule has 0 spiro atoms. The van der Waals surface area contributed by atoms with Crippen molar-refractivity contribution in [1.82, 2.24) is 14.9 Å². The van der Waals surface area contributed by atoms with E-state index in [1.165, 1.54) is 0 Å². The number of hydrogen-bond acceptors (Lipinski definition) is 5. The summed E-state index contributed by atoms with van der Waals surface area (Å²) in [6.45, 7) is 0. The molecule has 1 aromatic carbocycles. The summed E-state index contributed by atoms with van der Waals surface area (Å²) in [6.07, 6.45) is 7.98. The van der Waals surface area contributed by atoms with Crippen LogP contribution in [0, 0.1) is 0 Å². The molecule has 26 heavy (non-hydrogen) atoms. The maximum atomic E-state index is 5.60. The van der Waals surface area contributed by atoms with Crippen LogP contribution >= 0.6 is 23.1 Å². The van der Waals surface area contributed by atoms with E-state index in [-0.39, 0.29) is 0 Å². The van der Waals surface area contributed by atoms with Gasteiger partial charge in [-0.05, 0) is 52.6 Å². The Morgan fingerprint density at radius 3 is 3.00 bits per heavy atom. The van der Waals surface area contributed by atoms with Crippen LogP contribution in [-0.2, 0) is 0 Å². The van der Waals surface area contributed by atoms with E-state index in [4.69, 9.17) is 4.52 Å². The fraction of sp³-hybridized carbons (Fsp3) is 0. The van der Waals surface area contributed by atoms with Crippen molar-refractivity contribution in [2.45, 2.75) is 0 Å². The van der Waals surface area contributed by atoms with E-state index >= 15 is 0 Å². The predicted octanol–water partition coefficient (Wildman–Crippen LogP) is 6.03. The molecule has 0 amide bonds. The molecule has 126 valence electrons. The van der Waals surface area contributed by atoms with Crippen LogP contribution < -0.4 is 0 Å². The highest BCUT2D eigenvalue weighted by Crippen LogP contribution is 2.34. The maximum absolute atomic E-state index is 5.60. The van der Waals surface area contributed by atoms with Gasteiger partial charge in [0.05, 0.1) is 27.9 Å². The highest BCUT2D eigenvalue weighted by atomic mass is 32.2. The highest BCUT2D eigenvalue weighted by Gasteiger charge is 2.15. The molecule has 0 saturated heterocycles. The molecule has 4 aromatic rings. The molecule has 6 heteroatoms. The van der Waals surface area contributed by atoms with Gasteiger partial charge in [-0.2, -0.15) is 5.10 Å². The average molecular weight is 375 g/mol. The highest BCUT2D eigenvalue weighted by molar-refractivity contribution is 8.04. The molecule has 0 unspecified atom stereocenters. The number of benzene rings is 1. The summed E-state index contributed by atoms with van der Waals surface area (Å²) < 4.78 is 7.55. The zero-order valence-electron chi connectivity index (χ0n) is 13.6. The molecule has 0 atom stereocenters. The van der Waals surface area contributed by atoms with Gasteiger partial charge in [0.25, 0.3) is 0 Å². The largest absolute Gasteiger partial charge is 0.354 e. The Bertz CT molecular complexity index is 1160. The molecule has 4 heterocycles. The van der Waals surface area contributed by atoms with E-state index in [0.29, 0.717) is 0 Å². The van der Waals surface area contributed by atoms with Gasteiger partial charge in [-0.3, -0.25) is 0 Å². The lowest BCUT2D eigenvalue weighted by molar-refractivity contribution is 0.442. The molecule has 1 aliphatic heterocycles. The van der Waals surface area contributed by atoms with Gasteiger partial charge in [0.2, 0.25) is 0 Å². The monoisotopic (exact) mass is 375 g/mol. The number of allylic oxidation sites excluding steroid dienone is 4. The molecular formula is C20H13N3OS2. The van der Waals surface area contributed by atoms with Gasteiger partial charge < -0.3 is 4.52 Å².